The molecule has 108 valence electrons. The zero-order valence-electron chi connectivity index (χ0n) is 10.4. The third-order valence-corrected chi connectivity index (χ3v) is 3.33. The van der Waals surface area contributed by atoms with Crippen molar-refractivity contribution in [2.45, 2.75) is 0 Å². The van der Waals surface area contributed by atoms with E-state index in [-0.39, 0.29) is 22.6 Å². The summed E-state index contributed by atoms with van der Waals surface area (Å²) < 4.78 is 13.8. The lowest BCUT2D eigenvalue weighted by Crippen LogP contribution is -2.15. The number of benzene rings is 2. The maximum absolute atomic E-state index is 13.1. The first kappa shape index (κ1) is 15.2. The maximum Gasteiger partial charge on any atom is 0.337 e. The molecule has 7 heteroatoms. The summed E-state index contributed by atoms with van der Waals surface area (Å²) in [5.41, 5.74) is -0.414. The number of halogens is 2. The number of phenolic OH excluding ortho intramolecular Hbond substituents is 1. The van der Waals surface area contributed by atoms with Crippen molar-refractivity contribution < 1.29 is 24.2 Å². The molecule has 0 radical (unpaired) electrons. The second-order valence-electron chi connectivity index (χ2n) is 4.11. The molecule has 1 amide bonds. The molecular formula is C14H9FINO4. The van der Waals surface area contributed by atoms with Crippen LogP contribution < -0.4 is 5.32 Å². The molecule has 0 aliphatic rings. The SMILES string of the molecule is O=C(Nc1ccc(F)cc1C(=O)O)c1cc(I)ccc1O. The molecule has 0 atom stereocenters. The number of carboxylic acids is 1. The van der Waals surface area contributed by atoms with Crippen LogP contribution in [0, 0.1) is 9.39 Å². The van der Waals surface area contributed by atoms with E-state index in [0.717, 1.165) is 21.8 Å². The molecule has 21 heavy (non-hydrogen) atoms. The van der Waals surface area contributed by atoms with Crippen LogP contribution in [0.25, 0.3) is 0 Å². The van der Waals surface area contributed by atoms with Crippen LogP contribution >= 0.6 is 22.6 Å². The van der Waals surface area contributed by atoms with Crippen LogP contribution in [0.4, 0.5) is 10.1 Å². The van der Waals surface area contributed by atoms with Crippen LogP contribution in [0.5, 0.6) is 5.75 Å². The van der Waals surface area contributed by atoms with Gasteiger partial charge < -0.3 is 15.5 Å². The summed E-state index contributed by atoms with van der Waals surface area (Å²) in [6.45, 7) is 0. The van der Waals surface area contributed by atoms with Gasteiger partial charge in [0.05, 0.1) is 16.8 Å². The number of hydrogen-bond donors (Lipinski definition) is 3. The fourth-order valence-corrected chi connectivity index (χ4v) is 2.17. The van der Waals surface area contributed by atoms with Crippen molar-refractivity contribution in [3.8, 4) is 5.75 Å². The van der Waals surface area contributed by atoms with E-state index in [4.69, 9.17) is 5.11 Å². The Morgan fingerprint density at radius 2 is 1.81 bits per heavy atom. The molecule has 0 heterocycles. The van der Waals surface area contributed by atoms with Gasteiger partial charge in [-0.1, -0.05) is 0 Å². The van der Waals surface area contributed by atoms with Gasteiger partial charge in [0, 0.05) is 3.57 Å². The van der Waals surface area contributed by atoms with Crippen molar-refractivity contribution in [1.82, 2.24) is 0 Å². The zero-order valence-corrected chi connectivity index (χ0v) is 12.6. The average Bonchev–Trinajstić information content (AvgIpc) is 2.43. The number of phenols is 1. The predicted molar refractivity (Wildman–Crippen MR) is 82.1 cm³/mol. The molecule has 2 rings (SSSR count). The molecule has 5 nitrogen and oxygen atoms in total. The van der Waals surface area contributed by atoms with Gasteiger partial charge in [0.1, 0.15) is 11.6 Å². The number of aromatic carboxylic acids is 1. The Kier molecular flexibility index (Phi) is 4.41. The fourth-order valence-electron chi connectivity index (χ4n) is 1.68. The molecule has 0 unspecified atom stereocenters. The lowest BCUT2D eigenvalue weighted by Gasteiger charge is -2.10. The van der Waals surface area contributed by atoms with Crippen molar-refractivity contribution in [3.63, 3.8) is 0 Å². The molecule has 0 fully saturated rings. The minimum atomic E-state index is -1.36. The first-order valence-electron chi connectivity index (χ1n) is 5.71. The Labute approximate surface area is 132 Å². The molecule has 0 spiro atoms. The van der Waals surface area contributed by atoms with E-state index < -0.39 is 17.7 Å². The molecule has 0 bridgehead atoms. The predicted octanol–water partition coefficient (Wildman–Crippen LogP) is 3.09. The number of carbonyl (C=O) groups excluding carboxylic acids is 1. The molecular weight excluding hydrogens is 392 g/mol. The smallest absolute Gasteiger partial charge is 0.337 e. The van der Waals surface area contributed by atoms with Crippen LogP contribution in [-0.4, -0.2) is 22.1 Å². The number of rotatable bonds is 3. The summed E-state index contributed by atoms with van der Waals surface area (Å²) in [5.74, 6) is -2.99. The Hall–Kier alpha value is -2.16. The largest absolute Gasteiger partial charge is 0.507 e. The van der Waals surface area contributed by atoms with Crippen LogP contribution in [0.2, 0.25) is 0 Å². The standard InChI is InChI=1S/C14H9FINO4/c15-7-1-3-11(9(5-7)14(20)21)17-13(19)10-6-8(16)2-4-12(10)18/h1-6,18H,(H,17,19)(H,20,21). The molecule has 0 aliphatic carbocycles. The van der Waals surface area contributed by atoms with Crippen LogP contribution in [-0.2, 0) is 0 Å². The highest BCUT2D eigenvalue weighted by atomic mass is 127. The summed E-state index contributed by atoms with van der Waals surface area (Å²) in [6.07, 6.45) is 0. The first-order valence-corrected chi connectivity index (χ1v) is 6.79. The van der Waals surface area contributed by atoms with Crippen LogP contribution in [0.3, 0.4) is 0 Å². The number of amides is 1. The number of nitrogens with one attached hydrogen (secondary N) is 1. The minimum absolute atomic E-state index is 0.00237. The number of anilines is 1. The topological polar surface area (TPSA) is 86.6 Å². The lowest BCUT2D eigenvalue weighted by molar-refractivity contribution is 0.0697. The maximum atomic E-state index is 13.1. The van der Waals surface area contributed by atoms with Gasteiger partial charge in [-0.3, -0.25) is 4.79 Å². The van der Waals surface area contributed by atoms with Gasteiger partial charge in [0.25, 0.3) is 5.91 Å². The average molecular weight is 401 g/mol. The van der Waals surface area contributed by atoms with E-state index in [1.54, 1.807) is 6.07 Å². The van der Waals surface area contributed by atoms with Gasteiger partial charge in [-0.15, -0.1) is 0 Å². The number of hydrogen-bond acceptors (Lipinski definition) is 3. The minimum Gasteiger partial charge on any atom is -0.507 e. The Balaban J connectivity index is 2.36. The monoisotopic (exact) mass is 401 g/mol. The summed E-state index contributed by atoms with van der Waals surface area (Å²) in [6, 6.07) is 7.44. The van der Waals surface area contributed by atoms with Gasteiger partial charge in [-0.2, -0.15) is 0 Å². The summed E-state index contributed by atoms with van der Waals surface area (Å²) in [5, 5.41) is 21.0. The van der Waals surface area contributed by atoms with Crippen molar-refractivity contribution in [1.29, 1.82) is 0 Å². The van der Waals surface area contributed by atoms with Crippen LogP contribution in [0.1, 0.15) is 20.7 Å². The fraction of sp³-hybridized carbons (Fsp3) is 0. The van der Waals surface area contributed by atoms with E-state index in [0.29, 0.717) is 0 Å². The number of aromatic hydroxyl groups is 1. The molecule has 0 saturated carbocycles. The molecule has 0 saturated heterocycles. The quantitative estimate of drug-likeness (QED) is 0.691. The molecule has 2 aromatic carbocycles. The molecule has 3 N–H and O–H groups in total. The molecule has 2 aromatic rings. The second kappa shape index (κ2) is 6.08. The van der Waals surface area contributed by atoms with Crippen LogP contribution in [0.15, 0.2) is 36.4 Å². The summed E-state index contributed by atoms with van der Waals surface area (Å²) in [4.78, 5) is 23.1. The van der Waals surface area contributed by atoms with Gasteiger partial charge in [0.2, 0.25) is 0 Å². The number of carbonyl (C=O) groups is 2. The highest BCUT2D eigenvalue weighted by molar-refractivity contribution is 14.1. The number of carboxylic acid groups (broad SMARTS) is 1. The second-order valence-corrected chi connectivity index (χ2v) is 5.36. The van der Waals surface area contributed by atoms with Gasteiger partial charge >= 0.3 is 5.97 Å². The summed E-state index contributed by atoms with van der Waals surface area (Å²) >= 11 is 1.97. The van der Waals surface area contributed by atoms with Crippen molar-refractivity contribution >= 4 is 40.2 Å². The van der Waals surface area contributed by atoms with E-state index >= 15 is 0 Å². The molecule has 0 aromatic heterocycles. The van der Waals surface area contributed by atoms with E-state index in [2.05, 4.69) is 5.32 Å². The lowest BCUT2D eigenvalue weighted by atomic mass is 10.1. The first-order chi connectivity index (χ1) is 9.88. The zero-order chi connectivity index (χ0) is 15.6. The van der Waals surface area contributed by atoms with E-state index in [9.17, 15) is 19.1 Å². The van der Waals surface area contributed by atoms with E-state index in [1.807, 2.05) is 22.6 Å². The Morgan fingerprint density at radius 1 is 1.10 bits per heavy atom. The highest BCUT2D eigenvalue weighted by Crippen LogP contribution is 2.23. The summed E-state index contributed by atoms with van der Waals surface area (Å²) in [7, 11) is 0. The van der Waals surface area contributed by atoms with Gasteiger partial charge in [-0.05, 0) is 59.0 Å². The molecule has 0 aliphatic heterocycles. The van der Waals surface area contributed by atoms with Crippen molar-refractivity contribution in [3.05, 3.63) is 56.9 Å². The Bertz CT molecular complexity index is 733. The normalized spacial score (nSPS) is 10.2. The third kappa shape index (κ3) is 3.48. The highest BCUT2D eigenvalue weighted by Gasteiger charge is 2.17. The van der Waals surface area contributed by atoms with E-state index in [1.165, 1.54) is 12.1 Å². The Morgan fingerprint density at radius 3 is 2.48 bits per heavy atom. The van der Waals surface area contributed by atoms with Gasteiger partial charge in [0.15, 0.2) is 0 Å². The third-order valence-electron chi connectivity index (χ3n) is 2.66. The van der Waals surface area contributed by atoms with Crippen molar-refractivity contribution in [2.75, 3.05) is 5.32 Å². The van der Waals surface area contributed by atoms with Gasteiger partial charge in [-0.25, -0.2) is 9.18 Å². The van der Waals surface area contributed by atoms with Crippen molar-refractivity contribution in [2.24, 2.45) is 0 Å².